The van der Waals surface area contributed by atoms with Crippen LogP contribution >= 0.6 is 0 Å². The maximum Gasteiger partial charge on any atom is 0.0110 e. The van der Waals surface area contributed by atoms with E-state index in [2.05, 4.69) is 22.0 Å². The highest BCUT2D eigenvalue weighted by molar-refractivity contribution is 4.75. The minimum absolute atomic E-state index is 0.942. The topological polar surface area (TPSA) is 18.5 Å². The van der Waals surface area contributed by atoms with Crippen LogP contribution in [0.3, 0.4) is 0 Å². The zero-order valence-corrected chi connectivity index (χ0v) is 11.5. The molecule has 2 aliphatic heterocycles. The Hall–Kier alpha value is -0.120. The zero-order valence-electron chi connectivity index (χ0n) is 11.5. The van der Waals surface area contributed by atoms with E-state index in [0.717, 1.165) is 5.92 Å². The van der Waals surface area contributed by atoms with Crippen LogP contribution in [-0.2, 0) is 0 Å². The van der Waals surface area contributed by atoms with E-state index in [4.69, 9.17) is 0 Å². The second-order valence-corrected chi connectivity index (χ2v) is 5.68. The molecule has 1 N–H and O–H groups in total. The zero-order chi connectivity index (χ0) is 11.9. The van der Waals surface area contributed by atoms with Crippen LogP contribution in [0.1, 0.15) is 32.6 Å². The number of rotatable bonds is 5. The Balaban J connectivity index is 1.57. The summed E-state index contributed by atoms with van der Waals surface area (Å²) in [5, 5.41) is 3.52. The molecule has 0 aromatic carbocycles. The van der Waals surface area contributed by atoms with Gasteiger partial charge in [0.2, 0.25) is 0 Å². The van der Waals surface area contributed by atoms with Gasteiger partial charge in [-0.2, -0.15) is 0 Å². The molecule has 0 aromatic rings. The maximum absolute atomic E-state index is 3.52. The van der Waals surface area contributed by atoms with Crippen molar-refractivity contribution in [2.24, 2.45) is 5.92 Å². The maximum atomic E-state index is 3.52. The molecule has 2 saturated heterocycles. The lowest BCUT2D eigenvalue weighted by Crippen LogP contribution is -2.47. The minimum atomic E-state index is 0.942. The molecule has 2 rings (SSSR count). The Kier molecular flexibility index (Phi) is 5.75. The molecule has 2 aliphatic rings. The van der Waals surface area contributed by atoms with Crippen molar-refractivity contribution in [3.63, 3.8) is 0 Å². The minimum Gasteiger partial charge on any atom is -0.316 e. The normalized spacial score (nSPS) is 28.4. The van der Waals surface area contributed by atoms with Gasteiger partial charge in [0, 0.05) is 26.2 Å². The van der Waals surface area contributed by atoms with E-state index in [1.807, 2.05) is 0 Å². The van der Waals surface area contributed by atoms with E-state index < -0.39 is 0 Å². The fourth-order valence-electron chi connectivity index (χ4n) is 3.09. The third-order valence-electron chi connectivity index (χ3n) is 4.26. The molecule has 3 nitrogen and oxygen atoms in total. The van der Waals surface area contributed by atoms with Crippen LogP contribution in [0.4, 0.5) is 0 Å². The standard InChI is InChI=1S/C14H29N3/c1-2-7-16-9-11-17(12-10-16)8-5-14-4-3-6-15-13-14/h14-15H,2-13H2,1H3/t14-/m1/s1. The van der Waals surface area contributed by atoms with Crippen LogP contribution < -0.4 is 5.32 Å². The van der Waals surface area contributed by atoms with Crippen molar-refractivity contribution >= 4 is 0 Å². The molecular weight excluding hydrogens is 210 g/mol. The van der Waals surface area contributed by atoms with Gasteiger partial charge in [0.05, 0.1) is 0 Å². The number of hydrogen-bond donors (Lipinski definition) is 1. The largest absolute Gasteiger partial charge is 0.316 e. The molecule has 0 unspecified atom stereocenters. The highest BCUT2D eigenvalue weighted by Gasteiger charge is 2.18. The fourth-order valence-corrected chi connectivity index (χ4v) is 3.09. The van der Waals surface area contributed by atoms with Gasteiger partial charge in [-0.25, -0.2) is 0 Å². The second kappa shape index (κ2) is 7.34. The molecule has 3 heteroatoms. The van der Waals surface area contributed by atoms with Crippen molar-refractivity contribution in [2.45, 2.75) is 32.6 Å². The molecule has 0 bridgehead atoms. The quantitative estimate of drug-likeness (QED) is 0.782. The van der Waals surface area contributed by atoms with Crippen LogP contribution in [0.15, 0.2) is 0 Å². The van der Waals surface area contributed by atoms with Crippen molar-refractivity contribution in [2.75, 3.05) is 52.4 Å². The second-order valence-electron chi connectivity index (χ2n) is 5.68. The number of nitrogens with one attached hydrogen (secondary N) is 1. The summed E-state index contributed by atoms with van der Waals surface area (Å²) >= 11 is 0. The van der Waals surface area contributed by atoms with Crippen molar-refractivity contribution in [1.82, 2.24) is 15.1 Å². The van der Waals surface area contributed by atoms with Gasteiger partial charge in [0.1, 0.15) is 0 Å². The van der Waals surface area contributed by atoms with Gasteiger partial charge in [-0.15, -0.1) is 0 Å². The predicted octanol–water partition coefficient (Wildman–Crippen LogP) is 1.40. The van der Waals surface area contributed by atoms with Gasteiger partial charge in [-0.05, 0) is 57.8 Å². The summed E-state index contributed by atoms with van der Waals surface area (Å²) in [6, 6.07) is 0. The molecule has 17 heavy (non-hydrogen) atoms. The fraction of sp³-hybridized carbons (Fsp3) is 1.00. The lowest BCUT2D eigenvalue weighted by molar-refractivity contribution is 0.125. The molecule has 100 valence electrons. The van der Waals surface area contributed by atoms with Crippen molar-refractivity contribution < 1.29 is 0 Å². The van der Waals surface area contributed by atoms with Gasteiger partial charge in [0.25, 0.3) is 0 Å². The van der Waals surface area contributed by atoms with Gasteiger partial charge in [-0.3, -0.25) is 0 Å². The van der Waals surface area contributed by atoms with E-state index >= 15 is 0 Å². The van der Waals surface area contributed by atoms with Crippen molar-refractivity contribution in [3.8, 4) is 0 Å². The molecule has 1 atom stereocenters. The smallest absolute Gasteiger partial charge is 0.0110 e. The molecule has 0 saturated carbocycles. The van der Waals surface area contributed by atoms with Crippen LogP contribution in [0.5, 0.6) is 0 Å². The Morgan fingerprint density at radius 1 is 1.06 bits per heavy atom. The van der Waals surface area contributed by atoms with E-state index in [1.54, 1.807) is 0 Å². The van der Waals surface area contributed by atoms with E-state index in [1.165, 1.54) is 78.0 Å². The summed E-state index contributed by atoms with van der Waals surface area (Å²) < 4.78 is 0. The number of piperazine rings is 1. The molecule has 0 spiro atoms. The van der Waals surface area contributed by atoms with Crippen LogP contribution in [0, 0.1) is 5.92 Å². The molecular formula is C14H29N3. The van der Waals surface area contributed by atoms with E-state index in [0.29, 0.717) is 0 Å². The van der Waals surface area contributed by atoms with Crippen molar-refractivity contribution in [1.29, 1.82) is 0 Å². The summed E-state index contributed by atoms with van der Waals surface area (Å²) in [6.45, 7) is 12.6. The average Bonchev–Trinajstić information content (AvgIpc) is 2.40. The van der Waals surface area contributed by atoms with Crippen molar-refractivity contribution in [3.05, 3.63) is 0 Å². The summed E-state index contributed by atoms with van der Waals surface area (Å²) in [6.07, 6.45) is 5.53. The predicted molar refractivity (Wildman–Crippen MR) is 73.4 cm³/mol. The summed E-state index contributed by atoms with van der Waals surface area (Å²) in [7, 11) is 0. The average molecular weight is 239 g/mol. The lowest BCUT2D eigenvalue weighted by atomic mass is 9.96. The Morgan fingerprint density at radius 2 is 1.76 bits per heavy atom. The first kappa shape index (κ1) is 13.3. The number of hydrogen-bond acceptors (Lipinski definition) is 3. The first-order chi connectivity index (χ1) is 8.38. The van der Waals surface area contributed by atoms with Crippen LogP contribution in [0.2, 0.25) is 0 Å². The molecule has 2 fully saturated rings. The summed E-state index contributed by atoms with van der Waals surface area (Å²) in [4.78, 5) is 5.28. The van der Waals surface area contributed by atoms with Crippen LogP contribution in [0.25, 0.3) is 0 Å². The Labute approximate surface area is 107 Å². The SMILES string of the molecule is CCCN1CCN(CC[C@H]2CCCNC2)CC1. The third-order valence-corrected chi connectivity index (χ3v) is 4.26. The van der Waals surface area contributed by atoms with E-state index in [-0.39, 0.29) is 0 Å². The Morgan fingerprint density at radius 3 is 2.35 bits per heavy atom. The van der Waals surface area contributed by atoms with Gasteiger partial charge < -0.3 is 15.1 Å². The lowest BCUT2D eigenvalue weighted by Gasteiger charge is -2.35. The molecule has 0 aromatic heterocycles. The van der Waals surface area contributed by atoms with Gasteiger partial charge in [0.15, 0.2) is 0 Å². The van der Waals surface area contributed by atoms with E-state index in [9.17, 15) is 0 Å². The number of nitrogens with zero attached hydrogens (tertiary/aromatic N) is 2. The highest BCUT2D eigenvalue weighted by atomic mass is 15.3. The van der Waals surface area contributed by atoms with Crippen LogP contribution in [-0.4, -0.2) is 62.2 Å². The summed E-state index contributed by atoms with van der Waals surface area (Å²) in [5.74, 6) is 0.942. The molecule has 2 heterocycles. The third kappa shape index (κ3) is 4.57. The first-order valence-electron chi connectivity index (χ1n) is 7.54. The molecule has 0 amide bonds. The molecule has 0 aliphatic carbocycles. The monoisotopic (exact) mass is 239 g/mol. The van der Waals surface area contributed by atoms with Gasteiger partial charge in [-0.1, -0.05) is 6.92 Å². The summed E-state index contributed by atoms with van der Waals surface area (Å²) in [5.41, 5.74) is 0. The number of piperidine rings is 1. The highest BCUT2D eigenvalue weighted by Crippen LogP contribution is 2.15. The Bertz CT molecular complexity index is 194. The molecule has 0 radical (unpaired) electrons. The van der Waals surface area contributed by atoms with Gasteiger partial charge >= 0.3 is 0 Å². The first-order valence-corrected chi connectivity index (χ1v) is 7.54.